The number of nitrogen functional groups attached to an aromatic ring is 1. The van der Waals surface area contributed by atoms with Gasteiger partial charge in [-0.2, -0.15) is 0 Å². The van der Waals surface area contributed by atoms with E-state index >= 15 is 0 Å². The molecule has 2 N–H and O–H groups in total. The number of nitrogens with two attached hydrogens (primary N) is 1. The van der Waals surface area contributed by atoms with E-state index in [2.05, 4.69) is 20.1 Å². The highest BCUT2D eigenvalue weighted by Gasteiger charge is 2.21. The molecule has 3 aromatic rings. The fourth-order valence-corrected chi connectivity index (χ4v) is 3.03. The molecule has 3 rings (SSSR count). The van der Waals surface area contributed by atoms with Gasteiger partial charge < -0.3 is 15.2 Å². The molecule has 0 fully saturated rings. The van der Waals surface area contributed by atoms with Crippen molar-refractivity contribution < 1.29 is 9.47 Å². The molecule has 0 saturated heterocycles. The predicted octanol–water partition coefficient (Wildman–Crippen LogP) is 4.00. The molecule has 0 atom stereocenters. The van der Waals surface area contributed by atoms with Crippen LogP contribution in [0.4, 0.5) is 11.8 Å². The molecule has 0 spiro atoms. The van der Waals surface area contributed by atoms with Gasteiger partial charge in [-0.3, -0.25) is 0 Å². The van der Waals surface area contributed by atoms with Crippen molar-refractivity contribution in [2.45, 2.75) is 0 Å². The smallest absolute Gasteiger partial charge is 0.223 e. The third-order valence-electron chi connectivity index (χ3n) is 3.48. The van der Waals surface area contributed by atoms with E-state index in [1.54, 1.807) is 12.1 Å². The van der Waals surface area contributed by atoms with E-state index in [-0.39, 0.29) is 27.3 Å². The first-order chi connectivity index (χ1) is 12.0. The molecule has 128 valence electrons. The summed E-state index contributed by atoms with van der Waals surface area (Å²) in [4.78, 5) is 23.3. The molecule has 0 aliphatic rings. The number of anilines is 1. The van der Waals surface area contributed by atoms with Crippen molar-refractivity contribution in [2.24, 2.45) is 5.18 Å². The number of rotatable bonds is 4. The maximum atomic E-state index is 11.2. The van der Waals surface area contributed by atoms with E-state index < -0.39 is 0 Å². The fourth-order valence-electron chi connectivity index (χ4n) is 2.34. The summed E-state index contributed by atoms with van der Waals surface area (Å²) in [6, 6.07) is 3.17. The Bertz CT molecular complexity index is 969. The largest absolute Gasteiger partial charge is 0.495 e. The molecule has 10 heteroatoms. The summed E-state index contributed by atoms with van der Waals surface area (Å²) in [6.45, 7) is 0. The summed E-state index contributed by atoms with van der Waals surface area (Å²) in [5.74, 6) is 0.532. The van der Waals surface area contributed by atoms with Crippen LogP contribution in [0.5, 0.6) is 11.5 Å². The summed E-state index contributed by atoms with van der Waals surface area (Å²) in [5.41, 5.74) is 6.41. The third-order valence-corrected chi connectivity index (χ3v) is 4.23. The Balaban J connectivity index is 2.37. The number of nitrogens with zero attached hydrogens (tertiary/aromatic N) is 4. The molecule has 0 aliphatic carbocycles. The van der Waals surface area contributed by atoms with E-state index in [4.69, 9.17) is 38.4 Å². The molecule has 0 bridgehead atoms. The minimum atomic E-state index is -0.157. The SMILES string of the molecule is COc1cc(OC)c(Cl)c(-c2cc3cnc(N)nc3c(N=O)n2)c1Cl. The molecule has 2 aromatic heterocycles. The zero-order valence-corrected chi connectivity index (χ0v) is 14.6. The molecule has 0 aliphatic heterocycles. The number of aromatic nitrogens is 3. The number of halogens is 2. The molecule has 0 unspecified atom stereocenters. The van der Waals surface area contributed by atoms with Gasteiger partial charge in [-0.15, -0.1) is 4.91 Å². The number of fused-ring (bicyclic) bond motifs is 1. The average Bonchev–Trinajstić information content (AvgIpc) is 2.61. The van der Waals surface area contributed by atoms with Crippen molar-refractivity contribution in [1.82, 2.24) is 15.0 Å². The molecule has 2 heterocycles. The topological polar surface area (TPSA) is 113 Å². The lowest BCUT2D eigenvalue weighted by Gasteiger charge is -2.14. The second kappa shape index (κ2) is 6.66. The zero-order chi connectivity index (χ0) is 18.1. The average molecular weight is 380 g/mol. The first-order valence-corrected chi connectivity index (χ1v) is 7.62. The van der Waals surface area contributed by atoms with E-state index in [0.717, 1.165) is 0 Å². The Labute approximate surface area is 151 Å². The highest BCUT2D eigenvalue weighted by Crippen LogP contribution is 2.46. The quantitative estimate of drug-likeness (QED) is 0.681. The van der Waals surface area contributed by atoms with Crippen LogP contribution in [0.25, 0.3) is 22.2 Å². The van der Waals surface area contributed by atoms with E-state index in [0.29, 0.717) is 28.1 Å². The summed E-state index contributed by atoms with van der Waals surface area (Å²) < 4.78 is 10.5. The van der Waals surface area contributed by atoms with Crippen LogP contribution in [-0.2, 0) is 0 Å². The monoisotopic (exact) mass is 379 g/mol. The van der Waals surface area contributed by atoms with Crippen LogP contribution < -0.4 is 15.2 Å². The standard InChI is InChI=1S/C15H11Cl2N5O3/c1-24-8-4-9(25-2)12(17)10(11(8)16)7-3-6-5-19-15(18)21-13(6)14(20-7)22-23/h3-5H,1-2H3,(H2,18,19,21). The van der Waals surface area contributed by atoms with Gasteiger partial charge in [0.1, 0.15) is 17.0 Å². The van der Waals surface area contributed by atoms with Crippen molar-refractivity contribution in [2.75, 3.05) is 20.0 Å². The predicted molar refractivity (Wildman–Crippen MR) is 95.8 cm³/mol. The molecule has 0 radical (unpaired) electrons. The van der Waals surface area contributed by atoms with Crippen LogP contribution >= 0.6 is 23.2 Å². The van der Waals surface area contributed by atoms with Gasteiger partial charge in [0.05, 0.1) is 30.0 Å². The molecule has 1 aromatic carbocycles. The van der Waals surface area contributed by atoms with Crippen molar-refractivity contribution >= 4 is 45.9 Å². The first-order valence-electron chi connectivity index (χ1n) is 6.87. The minimum Gasteiger partial charge on any atom is -0.495 e. The summed E-state index contributed by atoms with van der Waals surface area (Å²) >= 11 is 12.8. The minimum absolute atomic E-state index is 0.00562. The van der Waals surface area contributed by atoms with Gasteiger partial charge in [0.15, 0.2) is 0 Å². The maximum Gasteiger partial charge on any atom is 0.223 e. The molecule has 25 heavy (non-hydrogen) atoms. The Morgan fingerprint density at radius 2 is 1.72 bits per heavy atom. The second-order valence-electron chi connectivity index (χ2n) is 4.87. The Morgan fingerprint density at radius 3 is 2.28 bits per heavy atom. The number of nitroso groups, excluding NO2 is 1. The Hall–Kier alpha value is -2.71. The molecule has 0 saturated carbocycles. The van der Waals surface area contributed by atoms with Crippen LogP contribution in [-0.4, -0.2) is 29.2 Å². The van der Waals surface area contributed by atoms with Crippen LogP contribution in [0.1, 0.15) is 0 Å². The number of ether oxygens (including phenoxy) is 2. The first kappa shape index (κ1) is 17.1. The van der Waals surface area contributed by atoms with Crippen LogP contribution in [0.2, 0.25) is 10.0 Å². The van der Waals surface area contributed by atoms with Gasteiger partial charge in [0.25, 0.3) is 0 Å². The lowest BCUT2D eigenvalue weighted by molar-refractivity contribution is 0.395. The Kier molecular flexibility index (Phi) is 4.56. The van der Waals surface area contributed by atoms with Gasteiger partial charge in [-0.05, 0) is 11.2 Å². The van der Waals surface area contributed by atoms with Gasteiger partial charge >= 0.3 is 0 Å². The van der Waals surface area contributed by atoms with Crippen molar-refractivity contribution in [3.63, 3.8) is 0 Å². The summed E-state index contributed by atoms with van der Waals surface area (Å²) in [6.07, 6.45) is 1.46. The van der Waals surface area contributed by atoms with Crippen molar-refractivity contribution in [3.05, 3.63) is 33.3 Å². The molecule has 0 amide bonds. The van der Waals surface area contributed by atoms with Gasteiger partial charge in [0.2, 0.25) is 11.8 Å². The lowest BCUT2D eigenvalue weighted by Crippen LogP contribution is -1.97. The third kappa shape index (κ3) is 2.90. The van der Waals surface area contributed by atoms with Crippen LogP contribution in [0.3, 0.4) is 0 Å². The van der Waals surface area contributed by atoms with Crippen LogP contribution in [0.15, 0.2) is 23.5 Å². The number of benzene rings is 1. The van der Waals surface area contributed by atoms with E-state index in [9.17, 15) is 4.91 Å². The second-order valence-corrected chi connectivity index (χ2v) is 5.63. The molecule has 8 nitrogen and oxygen atoms in total. The summed E-state index contributed by atoms with van der Waals surface area (Å²) in [7, 11) is 2.92. The summed E-state index contributed by atoms with van der Waals surface area (Å²) in [5, 5.41) is 3.85. The van der Waals surface area contributed by atoms with Crippen LogP contribution in [0, 0.1) is 4.91 Å². The van der Waals surface area contributed by atoms with Crippen molar-refractivity contribution in [1.29, 1.82) is 0 Å². The maximum absolute atomic E-state index is 11.2. The fraction of sp³-hybridized carbons (Fsp3) is 0.133. The number of pyridine rings is 1. The Morgan fingerprint density at radius 1 is 1.08 bits per heavy atom. The molecular formula is C15H11Cl2N5O3. The van der Waals surface area contributed by atoms with E-state index in [1.165, 1.54) is 20.4 Å². The highest BCUT2D eigenvalue weighted by atomic mass is 35.5. The normalized spacial score (nSPS) is 10.7. The van der Waals surface area contributed by atoms with Gasteiger partial charge in [-0.25, -0.2) is 15.0 Å². The highest BCUT2D eigenvalue weighted by molar-refractivity contribution is 6.41. The van der Waals surface area contributed by atoms with Gasteiger partial charge in [-0.1, -0.05) is 23.2 Å². The van der Waals surface area contributed by atoms with E-state index in [1.807, 2.05) is 0 Å². The number of hydrogen-bond acceptors (Lipinski definition) is 8. The lowest BCUT2D eigenvalue weighted by atomic mass is 10.1. The number of hydrogen-bond donors (Lipinski definition) is 1. The van der Waals surface area contributed by atoms with Gasteiger partial charge in [0, 0.05) is 23.2 Å². The molecular weight excluding hydrogens is 369 g/mol. The number of methoxy groups -OCH3 is 2. The van der Waals surface area contributed by atoms with Crippen molar-refractivity contribution in [3.8, 4) is 22.8 Å². The zero-order valence-electron chi connectivity index (χ0n) is 13.1.